The van der Waals surface area contributed by atoms with Crippen LogP contribution in [-0.2, 0) is 30.7 Å². The van der Waals surface area contributed by atoms with Crippen molar-refractivity contribution in [1.82, 2.24) is 14.5 Å². The number of nitrogens with one attached hydrogen (secondary N) is 3. The fraction of sp³-hybridized carbons (Fsp3) is 0.385. The van der Waals surface area contributed by atoms with Crippen molar-refractivity contribution in [3.8, 4) is 11.5 Å². The van der Waals surface area contributed by atoms with E-state index in [0.717, 1.165) is 48.6 Å². The van der Waals surface area contributed by atoms with Crippen molar-refractivity contribution in [1.29, 1.82) is 0 Å². The Bertz CT molecular complexity index is 2820. The van der Waals surface area contributed by atoms with E-state index in [1.807, 2.05) is 36.4 Å². The van der Waals surface area contributed by atoms with Crippen LogP contribution in [0.3, 0.4) is 0 Å². The van der Waals surface area contributed by atoms with Crippen LogP contribution in [0.4, 0.5) is 19.3 Å². The van der Waals surface area contributed by atoms with E-state index in [1.54, 1.807) is 18.2 Å². The second-order valence-corrected chi connectivity index (χ2v) is 21.1. The van der Waals surface area contributed by atoms with Gasteiger partial charge in [-0.2, -0.15) is 13.1 Å². The number of nitrogens with zero attached hydrogens (tertiary/aromatic N) is 2. The molecule has 374 valence electrons. The molecule has 2 amide bonds. The summed E-state index contributed by atoms with van der Waals surface area (Å²) in [6, 6.07) is 24.4. The second kappa shape index (κ2) is 22.3. The van der Waals surface area contributed by atoms with E-state index in [-0.39, 0.29) is 70.0 Å². The Morgan fingerprint density at radius 3 is 2.25 bits per heavy atom. The molecule has 5 aromatic rings. The number of aromatic amines is 1. The number of rotatable bonds is 18. The quantitative estimate of drug-likeness (QED) is 0.0808. The number of esters is 1. The van der Waals surface area contributed by atoms with E-state index < -0.39 is 52.8 Å². The van der Waals surface area contributed by atoms with Gasteiger partial charge < -0.3 is 29.6 Å². The molecule has 1 saturated carbocycles. The summed E-state index contributed by atoms with van der Waals surface area (Å²) >= 11 is 13.1. The molecule has 1 aliphatic carbocycles. The summed E-state index contributed by atoms with van der Waals surface area (Å²) in [5, 5.41) is 6.41. The lowest BCUT2D eigenvalue weighted by molar-refractivity contribution is -0.377. The molecule has 0 radical (unpaired) electrons. The molecule has 5 heterocycles. The van der Waals surface area contributed by atoms with Gasteiger partial charge in [0.15, 0.2) is 23.9 Å². The minimum atomic E-state index is -4.42. The number of hydrogen-bond donors (Lipinski definition) is 2. The molecule has 1 aromatic heterocycles. The van der Waals surface area contributed by atoms with Crippen molar-refractivity contribution in [2.75, 3.05) is 38.1 Å². The van der Waals surface area contributed by atoms with Crippen molar-refractivity contribution in [2.45, 2.75) is 87.2 Å². The largest absolute Gasteiger partial charge is 0.489 e. The van der Waals surface area contributed by atoms with Gasteiger partial charge in [0, 0.05) is 36.3 Å². The standard InChI is InChI=1S/C52H53Cl2F2N5O9S/c53-41-28-57-29-42(54)40(41)27-45(35-17-18-44(69-51(55)56)46(26-35)67-31-32-15-16-32)68-50(63)43-14-4-5-21-61(43)71(65,66)39-13-7-11-37(25-39)49(62)58-38-12-6-10-36(24-38)48(34-8-2-1-3-9-34)59-52(64)70-47-30-60-22-19-33(47)20-23-60/h1-3,6-13,17-18,24-26,28-29,32-33,43,45,47-48,51H,4-5,14-16,19-23,27,30-31H2,(H,58,62)(H,59,64)/p+1/t43-,45-,47-,48-/m0/s1. The first-order valence-electron chi connectivity index (χ1n) is 23.8. The van der Waals surface area contributed by atoms with Gasteiger partial charge in [-0.1, -0.05) is 77.8 Å². The lowest BCUT2D eigenvalue weighted by Crippen LogP contribution is -2.52. The number of anilines is 1. The predicted molar refractivity (Wildman–Crippen MR) is 260 cm³/mol. The summed E-state index contributed by atoms with van der Waals surface area (Å²) in [5.74, 6) is -1.02. The van der Waals surface area contributed by atoms with Gasteiger partial charge in [0.1, 0.15) is 28.3 Å². The summed E-state index contributed by atoms with van der Waals surface area (Å²) in [4.78, 5) is 46.7. The van der Waals surface area contributed by atoms with Crippen LogP contribution in [0.1, 0.15) is 89.7 Å². The minimum absolute atomic E-state index is 0.00911. The highest BCUT2D eigenvalue weighted by Crippen LogP contribution is 2.39. The first-order valence-corrected chi connectivity index (χ1v) is 26.0. The zero-order valence-corrected chi connectivity index (χ0v) is 40.9. The highest BCUT2D eigenvalue weighted by Gasteiger charge is 2.41. The maximum atomic E-state index is 14.6. The van der Waals surface area contributed by atoms with Gasteiger partial charge in [0.05, 0.1) is 17.5 Å². The average molecular weight is 1030 g/mol. The van der Waals surface area contributed by atoms with Gasteiger partial charge in [-0.3, -0.25) is 14.5 Å². The fourth-order valence-electron chi connectivity index (χ4n) is 9.53. The molecule has 19 heteroatoms. The number of carbonyl (C=O) groups is 3. The second-order valence-electron chi connectivity index (χ2n) is 18.4. The molecule has 3 N–H and O–H groups in total. The number of halogens is 4. The number of benzene rings is 4. The van der Waals surface area contributed by atoms with Crippen LogP contribution in [0.2, 0.25) is 10.0 Å². The summed E-state index contributed by atoms with van der Waals surface area (Å²) < 4.78 is 80.0. The molecule has 71 heavy (non-hydrogen) atoms. The molecule has 2 bridgehead atoms. The van der Waals surface area contributed by atoms with Gasteiger partial charge in [-0.05, 0) is 129 Å². The lowest BCUT2D eigenvalue weighted by Gasteiger charge is -2.43. The molecular weight excluding hydrogens is 980 g/mol. The van der Waals surface area contributed by atoms with E-state index in [1.165, 1.54) is 54.9 Å². The topological polar surface area (TPSA) is 167 Å². The third kappa shape index (κ3) is 12.3. The number of sulfonamides is 1. The lowest BCUT2D eigenvalue weighted by atomic mass is 9.86. The van der Waals surface area contributed by atoms with Crippen LogP contribution in [0.5, 0.6) is 11.5 Å². The number of pyridine rings is 1. The van der Waals surface area contributed by atoms with Crippen molar-refractivity contribution < 1.29 is 55.5 Å². The minimum Gasteiger partial charge on any atom is -0.489 e. The van der Waals surface area contributed by atoms with Crippen molar-refractivity contribution in [3.05, 3.63) is 147 Å². The Kier molecular flexibility index (Phi) is 15.7. The maximum absolute atomic E-state index is 14.6. The average Bonchev–Trinajstić information content (AvgIpc) is 4.21. The van der Waals surface area contributed by atoms with Gasteiger partial charge >= 0.3 is 18.7 Å². The molecule has 4 atom stereocenters. The van der Waals surface area contributed by atoms with Crippen LogP contribution in [0.25, 0.3) is 0 Å². The van der Waals surface area contributed by atoms with Gasteiger partial charge in [0.2, 0.25) is 10.0 Å². The molecule has 5 aliphatic rings. The van der Waals surface area contributed by atoms with E-state index >= 15 is 0 Å². The predicted octanol–water partition coefficient (Wildman–Crippen LogP) is 9.43. The van der Waals surface area contributed by atoms with Crippen molar-refractivity contribution in [3.63, 3.8) is 0 Å². The van der Waals surface area contributed by atoms with E-state index in [4.69, 9.17) is 42.1 Å². The molecular formula is C52H54Cl2F2N5O9S+. The van der Waals surface area contributed by atoms with Crippen LogP contribution >= 0.6 is 23.2 Å². The first kappa shape index (κ1) is 50.1. The summed E-state index contributed by atoms with van der Waals surface area (Å²) in [7, 11) is -4.42. The van der Waals surface area contributed by atoms with Gasteiger partial charge in [-0.25, -0.2) is 18.2 Å². The number of aromatic nitrogens is 1. The molecule has 0 spiro atoms. The number of piperidine rings is 4. The Morgan fingerprint density at radius 2 is 1.54 bits per heavy atom. The molecule has 14 nitrogen and oxygen atoms in total. The summed E-state index contributed by atoms with van der Waals surface area (Å²) in [5.41, 5.74) is 2.68. The van der Waals surface area contributed by atoms with E-state index in [2.05, 4.69) is 20.5 Å². The maximum Gasteiger partial charge on any atom is 0.408 e. The Hall–Kier alpha value is -5.85. The van der Waals surface area contributed by atoms with Crippen molar-refractivity contribution >= 4 is 56.9 Å². The monoisotopic (exact) mass is 1030 g/mol. The summed E-state index contributed by atoms with van der Waals surface area (Å²) in [6.45, 7) is -0.118. The number of alkyl carbamates (subject to hydrolysis) is 1. The number of fused-ring (bicyclic) bond motifs is 3. The van der Waals surface area contributed by atoms with Crippen LogP contribution in [0.15, 0.2) is 114 Å². The zero-order chi connectivity index (χ0) is 49.6. The van der Waals surface area contributed by atoms with Gasteiger partial charge in [-0.15, -0.1) is 0 Å². The highest BCUT2D eigenvalue weighted by atomic mass is 35.5. The normalized spacial score (nSPS) is 20.9. The Labute approximate surface area is 421 Å². The molecule has 4 saturated heterocycles. The summed E-state index contributed by atoms with van der Waals surface area (Å²) in [6.07, 6.45) is 6.06. The number of alkyl halides is 2. The third-order valence-corrected chi connectivity index (χ3v) is 16.1. The first-order chi connectivity index (χ1) is 34.3. The number of ether oxygens (including phenoxy) is 4. The zero-order valence-electron chi connectivity index (χ0n) is 38.6. The SMILES string of the molecule is O=C(N[C@@H](c1ccccc1)c1cccc(NC(=O)c2cccc(S(=O)(=O)N3CCCC[C@H]3C(=O)O[C@@H](Cc3c(Cl)c[nH+]cc3Cl)c3ccc(OC(F)F)c(OCC4CC4)c3)c2)c1)O[C@H]1CN2CCC1CC2. The smallest absolute Gasteiger partial charge is 0.408 e. The number of carbonyl (C=O) groups excluding carboxylic acids is 3. The Balaban J connectivity index is 0.923. The van der Waals surface area contributed by atoms with Gasteiger partial charge in [0.25, 0.3) is 5.91 Å². The van der Waals surface area contributed by atoms with Crippen LogP contribution in [-0.4, -0.2) is 87.1 Å². The number of H-pyrrole nitrogens is 1. The molecule has 10 rings (SSSR count). The fourth-order valence-corrected chi connectivity index (χ4v) is 11.8. The molecule has 4 aromatic carbocycles. The highest BCUT2D eigenvalue weighted by molar-refractivity contribution is 7.89. The van der Waals surface area contributed by atoms with E-state index in [9.17, 15) is 31.6 Å². The molecule has 5 fully saturated rings. The van der Waals surface area contributed by atoms with Crippen LogP contribution < -0.4 is 25.1 Å². The molecule has 4 aliphatic heterocycles. The van der Waals surface area contributed by atoms with Crippen LogP contribution in [0, 0.1) is 11.8 Å². The van der Waals surface area contributed by atoms with Crippen molar-refractivity contribution in [2.24, 2.45) is 11.8 Å². The third-order valence-electron chi connectivity index (χ3n) is 13.5. The van der Waals surface area contributed by atoms with E-state index in [0.29, 0.717) is 47.7 Å². The Morgan fingerprint density at radius 1 is 0.789 bits per heavy atom. The number of hydrogen-bond acceptors (Lipinski definition) is 10. The molecule has 0 unspecified atom stereocenters. The number of amides is 2.